The van der Waals surface area contributed by atoms with Gasteiger partial charge in [-0.25, -0.2) is 4.39 Å². The number of nitrogens with two attached hydrogens (primary N) is 1. The SMILES string of the molecule is CC(C)n1cc(Oc2cccc(F)c2C(=N)N)cn1. The van der Waals surface area contributed by atoms with Crippen molar-refractivity contribution in [2.45, 2.75) is 19.9 Å². The summed E-state index contributed by atoms with van der Waals surface area (Å²) >= 11 is 0. The summed E-state index contributed by atoms with van der Waals surface area (Å²) in [5.74, 6) is -0.275. The number of aromatic nitrogens is 2. The minimum absolute atomic E-state index is 0.0419. The van der Waals surface area contributed by atoms with E-state index < -0.39 is 5.82 Å². The molecule has 2 rings (SSSR count). The first kappa shape index (κ1) is 13.1. The van der Waals surface area contributed by atoms with E-state index in [9.17, 15) is 4.39 Å². The van der Waals surface area contributed by atoms with Crippen LogP contribution in [0.4, 0.5) is 4.39 Å². The van der Waals surface area contributed by atoms with Crippen molar-refractivity contribution in [3.63, 3.8) is 0 Å². The van der Waals surface area contributed by atoms with Gasteiger partial charge in [-0.3, -0.25) is 10.1 Å². The van der Waals surface area contributed by atoms with Gasteiger partial charge >= 0.3 is 0 Å². The van der Waals surface area contributed by atoms with Crippen molar-refractivity contribution >= 4 is 5.84 Å². The highest BCUT2D eigenvalue weighted by Gasteiger charge is 2.14. The van der Waals surface area contributed by atoms with Crippen LogP contribution in [0.25, 0.3) is 0 Å². The van der Waals surface area contributed by atoms with Crippen molar-refractivity contribution in [3.05, 3.63) is 42.0 Å². The number of hydrogen-bond donors (Lipinski definition) is 2. The van der Waals surface area contributed by atoms with Crippen LogP contribution in [0, 0.1) is 11.2 Å². The van der Waals surface area contributed by atoms with Gasteiger partial charge in [-0.1, -0.05) is 6.07 Å². The van der Waals surface area contributed by atoms with E-state index in [4.69, 9.17) is 15.9 Å². The summed E-state index contributed by atoms with van der Waals surface area (Å²) in [7, 11) is 0. The number of rotatable bonds is 4. The molecule has 0 unspecified atom stereocenters. The first-order valence-corrected chi connectivity index (χ1v) is 5.84. The zero-order valence-electron chi connectivity index (χ0n) is 10.7. The standard InChI is InChI=1S/C13H15FN4O/c1-8(2)18-7-9(6-17-18)19-11-5-3-4-10(14)12(11)13(15)16/h3-8H,1-2H3,(H3,15,16). The van der Waals surface area contributed by atoms with Crippen LogP contribution in [0.5, 0.6) is 11.5 Å². The first-order valence-electron chi connectivity index (χ1n) is 5.84. The van der Waals surface area contributed by atoms with Gasteiger partial charge in [-0.15, -0.1) is 0 Å². The van der Waals surface area contributed by atoms with Crippen molar-refractivity contribution in [1.29, 1.82) is 5.41 Å². The molecule has 0 fully saturated rings. The van der Waals surface area contributed by atoms with Crippen LogP contribution in [-0.2, 0) is 0 Å². The van der Waals surface area contributed by atoms with E-state index in [0.717, 1.165) is 0 Å². The van der Waals surface area contributed by atoms with Gasteiger partial charge in [0.25, 0.3) is 0 Å². The van der Waals surface area contributed by atoms with E-state index in [2.05, 4.69) is 5.10 Å². The summed E-state index contributed by atoms with van der Waals surface area (Å²) in [6.07, 6.45) is 3.24. The average Bonchev–Trinajstić information content (AvgIpc) is 2.77. The molecule has 0 aliphatic rings. The lowest BCUT2D eigenvalue weighted by atomic mass is 10.1. The Hall–Kier alpha value is -2.37. The third-order valence-corrected chi connectivity index (χ3v) is 2.58. The number of benzene rings is 1. The summed E-state index contributed by atoms with van der Waals surface area (Å²) in [4.78, 5) is 0. The molecule has 0 atom stereocenters. The molecule has 0 radical (unpaired) electrons. The molecule has 19 heavy (non-hydrogen) atoms. The smallest absolute Gasteiger partial charge is 0.165 e. The normalized spacial score (nSPS) is 10.7. The number of nitrogen functional groups attached to an aromatic ring is 1. The van der Waals surface area contributed by atoms with Crippen molar-refractivity contribution < 1.29 is 9.13 Å². The minimum atomic E-state index is -0.582. The molecule has 0 spiro atoms. The molecule has 5 nitrogen and oxygen atoms in total. The van der Waals surface area contributed by atoms with Crippen LogP contribution >= 0.6 is 0 Å². The predicted molar refractivity (Wildman–Crippen MR) is 70.1 cm³/mol. The summed E-state index contributed by atoms with van der Waals surface area (Å²) in [5.41, 5.74) is 5.32. The summed E-state index contributed by atoms with van der Waals surface area (Å²) in [6.45, 7) is 3.97. The molecule has 1 heterocycles. The van der Waals surface area contributed by atoms with E-state index in [-0.39, 0.29) is 23.2 Å². The van der Waals surface area contributed by atoms with Crippen molar-refractivity contribution in [1.82, 2.24) is 9.78 Å². The number of ether oxygens (including phenoxy) is 1. The van der Waals surface area contributed by atoms with E-state index >= 15 is 0 Å². The molecule has 0 aliphatic heterocycles. The number of halogens is 1. The Bertz CT molecular complexity index is 606. The summed E-state index contributed by atoms with van der Waals surface area (Å²) < 4.78 is 20.9. The molecule has 0 saturated carbocycles. The van der Waals surface area contributed by atoms with Gasteiger partial charge in [0.05, 0.1) is 18.0 Å². The molecular weight excluding hydrogens is 247 g/mol. The van der Waals surface area contributed by atoms with Gasteiger partial charge in [-0.05, 0) is 26.0 Å². The van der Waals surface area contributed by atoms with Gasteiger partial charge in [0.15, 0.2) is 5.75 Å². The fourth-order valence-electron chi connectivity index (χ4n) is 1.63. The van der Waals surface area contributed by atoms with Crippen molar-refractivity contribution in [3.8, 4) is 11.5 Å². The highest BCUT2D eigenvalue weighted by molar-refractivity contribution is 5.97. The Morgan fingerprint density at radius 3 is 2.79 bits per heavy atom. The number of hydrogen-bond acceptors (Lipinski definition) is 3. The third-order valence-electron chi connectivity index (χ3n) is 2.58. The van der Waals surface area contributed by atoms with E-state index in [1.54, 1.807) is 16.9 Å². The number of nitrogens with zero attached hydrogens (tertiary/aromatic N) is 2. The van der Waals surface area contributed by atoms with Crippen molar-refractivity contribution in [2.24, 2.45) is 5.73 Å². The molecule has 1 aromatic carbocycles. The van der Waals surface area contributed by atoms with E-state index in [1.807, 2.05) is 13.8 Å². The van der Waals surface area contributed by atoms with Crippen LogP contribution in [0.2, 0.25) is 0 Å². The van der Waals surface area contributed by atoms with Crippen LogP contribution in [0.3, 0.4) is 0 Å². The highest BCUT2D eigenvalue weighted by atomic mass is 19.1. The fraction of sp³-hybridized carbons (Fsp3) is 0.231. The molecule has 2 aromatic rings. The highest BCUT2D eigenvalue weighted by Crippen LogP contribution is 2.27. The molecular formula is C13H15FN4O. The molecule has 0 saturated heterocycles. The first-order chi connectivity index (χ1) is 8.99. The lowest BCUT2D eigenvalue weighted by molar-refractivity contribution is 0.470. The van der Waals surface area contributed by atoms with Crippen LogP contribution < -0.4 is 10.5 Å². The molecule has 0 aliphatic carbocycles. The largest absolute Gasteiger partial charge is 0.453 e. The monoisotopic (exact) mass is 262 g/mol. The number of amidine groups is 1. The van der Waals surface area contributed by atoms with Gasteiger partial charge in [0, 0.05) is 6.04 Å². The maximum atomic E-state index is 13.6. The van der Waals surface area contributed by atoms with Crippen LogP contribution in [0.15, 0.2) is 30.6 Å². The van der Waals surface area contributed by atoms with Gasteiger partial charge in [-0.2, -0.15) is 5.10 Å². The van der Waals surface area contributed by atoms with Gasteiger partial charge in [0.1, 0.15) is 17.4 Å². The second-order valence-electron chi connectivity index (χ2n) is 4.38. The zero-order chi connectivity index (χ0) is 14.0. The Kier molecular flexibility index (Phi) is 3.50. The Labute approximate surface area is 110 Å². The third kappa shape index (κ3) is 2.73. The molecule has 0 amide bonds. The second-order valence-corrected chi connectivity index (χ2v) is 4.38. The predicted octanol–water partition coefficient (Wildman–Crippen LogP) is 2.68. The Morgan fingerprint density at radius 2 is 2.21 bits per heavy atom. The fourth-order valence-corrected chi connectivity index (χ4v) is 1.63. The second kappa shape index (κ2) is 5.09. The lowest BCUT2D eigenvalue weighted by Crippen LogP contribution is -2.14. The maximum absolute atomic E-state index is 13.6. The molecule has 100 valence electrons. The van der Waals surface area contributed by atoms with Gasteiger partial charge in [0.2, 0.25) is 0 Å². The summed E-state index contributed by atoms with van der Waals surface area (Å²) in [5, 5.41) is 11.5. The zero-order valence-corrected chi connectivity index (χ0v) is 10.7. The minimum Gasteiger partial charge on any atom is -0.453 e. The Morgan fingerprint density at radius 1 is 1.47 bits per heavy atom. The Balaban J connectivity index is 2.32. The maximum Gasteiger partial charge on any atom is 0.165 e. The molecule has 3 N–H and O–H groups in total. The topological polar surface area (TPSA) is 76.9 Å². The van der Waals surface area contributed by atoms with E-state index in [1.165, 1.54) is 18.3 Å². The molecule has 1 aromatic heterocycles. The van der Waals surface area contributed by atoms with Crippen LogP contribution in [-0.4, -0.2) is 15.6 Å². The quantitative estimate of drug-likeness (QED) is 0.657. The lowest BCUT2D eigenvalue weighted by Gasteiger charge is -2.09. The van der Waals surface area contributed by atoms with E-state index in [0.29, 0.717) is 5.75 Å². The molecule has 0 bridgehead atoms. The number of nitrogens with one attached hydrogen (secondary N) is 1. The van der Waals surface area contributed by atoms with Gasteiger partial charge < -0.3 is 10.5 Å². The molecule has 6 heteroatoms. The van der Waals surface area contributed by atoms with Crippen LogP contribution in [0.1, 0.15) is 25.5 Å². The van der Waals surface area contributed by atoms with Crippen molar-refractivity contribution in [2.75, 3.05) is 0 Å². The average molecular weight is 262 g/mol. The summed E-state index contributed by atoms with van der Waals surface area (Å²) in [6, 6.07) is 4.51.